The van der Waals surface area contributed by atoms with Crippen LogP contribution in [0.5, 0.6) is 0 Å². The third-order valence-electron chi connectivity index (χ3n) is 4.09. The SMILES string of the molecule is CN(CC1CCCC1)C(CN)c1cc(F)ccc1Br. The summed E-state index contributed by atoms with van der Waals surface area (Å²) < 4.78 is 14.4. The van der Waals surface area contributed by atoms with Crippen molar-refractivity contribution in [3.63, 3.8) is 0 Å². The Kier molecular flexibility index (Phi) is 5.37. The average Bonchev–Trinajstić information content (AvgIpc) is 2.87. The summed E-state index contributed by atoms with van der Waals surface area (Å²) in [4.78, 5) is 2.27. The molecule has 0 saturated heterocycles. The van der Waals surface area contributed by atoms with Crippen LogP contribution in [0.4, 0.5) is 4.39 Å². The predicted molar refractivity (Wildman–Crippen MR) is 80.5 cm³/mol. The van der Waals surface area contributed by atoms with E-state index < -0.39 is 0 Å². The number of likely N-dealkylation sites (N-methyl/N-ethyl adjacent to an activating group) is 1. The number of nitrogens with two attached hydrogens (primary N) is 1. The molecular weight excluding hydrogens is 307 g/mol. The summed E-state index contributed by atoms with van der Waals surface area (Å²) in [6, 6.07) is 4.90. The second-order valence-electron chi connectivity index (χ2n) is 5.51. The molecule has 0 amide bonds. The normalized spacial score (nSPS) is 18.2. The van der Waals surface area contributed by atoms with Crippen molar-refractivity contribution in [3.05, 3.63) is 34.1 Å². The van der Waals surface area contributed by atoms with Crippen molar-refractivity contribution in [2.24, 2.45) is 11.7 Å². The number of nitrogens with zero attached hydrogens (tertiary/aromatic N) is 1. The molecule has 0 aromatic heterocycles. The minimum atomic E-state index is -0.203. The molecule has 0 aliphatic heterocycles. The Labute approximate surface area is 123 Å². The molecule has 0 radical (unpaired) electrons. The summed E-state index contributed by atoms with van der Waals surface area (Å²) in [5, 5.41) is 0. The van der Waals surface area contributed by atoms with Crippen molar-refractivity contribution in [2.45, 2.75) is 31.7 Å². The molecule has 2 rings (SSSR count). The van der Waals surface area contributed by atoms with Gasteiger partial charge in [-0.25, -0.2) is 4.39 Å². The maximum absolute atomic E-state index is 13.4. The smallest absolute Gasteiger partial charge is 0.123 e. The molecule has 106 valence electrons. The highest BCUT2D eigenvalue weighted by atomic mass is 79.9. The van der Waals surface area contributed by atoms with Gasteiger partial charge in [-0.3, -0.25) is 4.90 Å². The van der Waals surface area contributed by atoms with Gasteiger partial charge in [0.05, 0.1) is 0 Å². The highest BCUT2D eigenvalue weighted by Crippen LogP contribution is 2.31. The molecule has 2 nitrogen and oxygen atoms in total. The molecule has 1 aliphatic rings. The quantitative estimate of drug-likeness (QED) is 0.892. The third-order valence-corrected chi connectivity index (χ3v) is 4.82. The molecule has 1 aliphatic carbocycles. The van der Waals surface area contributed by atoms with Crippen molar-refractivity contribution >= 4 is 15.9 Å². The first-order valence-electron chi connectivity index (χ1n) is 6.97. The van der Waals surface area contributed by atoms with Crippen molar-refractivity contribution in [3.8, 4) is 0 Å². The van der Waals surface area contributed by atoms with Crippen molar-refractivity contribution in [2.75, 3.05) is 20.1 Å². The van der Waals surface area contributed by atoms with E-state index in [-0.39, 0.29) is 11.9 Å². The largest absolute Gasteiger partial charge is 0.329 e. The van der Waals surface area contributed by atoms with Crippen LogP contribution >= 0.6 is 15.9 Å². The topological polar surface area (TPSA) is 29.3 Å². The summed E-state index contributed by atoms with van der Waals surface area (Å²) in [6.07, 6.45) is 5.31. The van der Waals surface area contributed by atoms with Gasteiger partial charge in [0.2, 0.25) is 0 Å². The molecule has 19 heavy (non-hydrogen) atoms. The van der Waals surface area contributed by atoms with Crippen LogP contribution in [0.3, 0.4) is 0 Å². The standard InChI is InChI=1S/C15H22BrFN2/c1-19(10-11-4-2-3-5-11)15(9-18)13-8-12(17)6-7-14(13)16/h6-8,11,15H,2-5,9-10,18H2,1H3. The molecule has 1 atom stereocenters. The van der Waals surface area contributed by atoms with Crippen molar-refractivity contribution in [1.82, 2.24) is 4.90 Å². The molecule has 0 heterocycles. The van der Waals surface area contributed by atoms with Gasteiger partial charge >= 0.3 is 0 Å². The van der Waals surface area contributed by atoms with E-state index in [1.54, 1.807) is 12.1 Å². The fourth-order valence-corrected chi connectivity index (χ4v) is 3.55. The number of halogens is 2. The summed E-state index contributed by atoms with van der Waals surface area (Å²) >= 11 is 3.50. The van der Waals surface area contributed by atoms with Crippen LogP contribution in [0.2, 0.25) is 0 Å². The van der Waals surface area contributed by atoms with E-state index in [1.165, 1.54) is 31.7 Å². The van der Waals surface area contributed by atoms with Crippen molar-refractivity contribution < 1.29 is 4.39 Å². The molecule has 1 saturated carbocycles. The molecule has 0 spiro atoms. The number of hydrogen-bond donors (Lipinski definition) is 1. The van der Waals surface area contributed by atoms with Crippen LogP contribution in [0.15, 0.2) is 22.7 Å². The zero-order chi connectivity index (χ0) is 13.8. The van der Waals surface area contributed by atoms with Gasteiger partial charge in [-0.2, -0.15) is 0 Å². The Hall–Kier alpha value is -0.450. The van der Waals surface area contributed by atoms with Gasteiger partial charge in [-0.15, -0.1) is 0 Å². The first-order valence-corrected chi connectivity index (χ1v) is 7.76. The first kappa shape index (κ1) is 14.9. The van der Waals surface area contributed by atoms with Crippen LogP contribution < -0.4 is 5.73 Å². The molecule has 1 unspecified atom stereocenters. The molecule has 4 heteroatoms. The van der Waals surface area contributed by atoms with E-state index in [0.717, 1.165) is 22.5 Å². The zero-order valence-electron chi connectivity index (χ0n) is 11.4. The maximum Gasteiger partial charge on any atom is 0.123 e. The summed E-state index contributed by atoms with van der Waals surface area (Å²) in [5.74, 6) is 0.567. The lowest BCUT2D eigenvalue weighted by Gasteiger charge is -2.30. The highest BCUT2D eigenvalue weighted by molar-refractivity contribution is 9.10. The van der Waals surface area contributed by atoms with E-state index in [4.69, 9.17) is 5.73 Å². The van der Waals surface area contributed by atoms with Gasteiger partial charge in [0.1, 0.15) is 5.82 Å². The van der Waals surface area contributed by atoms with Gasteiger partial charge in [-0.1, -0.05) is 28.8 Å². The fourth-order valence-electron chi connectivity index (χ4n) is 3.04. The lowest BCUT2D eigenvalue weighted by molar-refractivity contribution is 0.211. The Morgan fingerprint density at radius 2 is 2.11 bits per heavy atom. The monoisotopic (exact) mass is 328 g/mol. The van der Waals surface area contributed by atoms with Crippen LogP contribution in [0.1, 0.15) is 37.3 Å². The van der Waals surface area contributed by atoms with Crippen molar-refractivity contribution in [1.29, 1.82) is 0 Å². The van der Waals surface area contributed by atoms with Gasteiger partial charge in [0.25, 0.3) is 0 Å². The molecule has 0 bridgehead atoms. The molecule has 1 aromatic rings. The second-order valence-corrected chi connectivity index (χ2v) is 6.36. The lowest BCUT2D eigenvalue weighted by atomic mass is 10.0. The van der Waals surface area contributed by atoms with Crippen LogP contribution in [-0.2, 0) is 0 Å². The molecule has 2 N–H and O–H groups in total. The Bertz CT molecular complexity index is 419. The van der Waals surface area contributed by atoms with Gasteiger partial charge < -0.3 is 5.73 Å². The van der Waals surface area contributed by atoms with E-state index in [1.807, 2.05) is 0 Å². The fraction of sp³-hybridized carbons (Fsp3) is 0.600. The third kappa shape index (κ3) is 3.77. The van der Waals surface area contributed by atoms with Gasteiger partial charge in [0.15, 0.2) is 0 Å². The van der Waals surface area contributed by atoms with Crippen LogP contribution in [-0.4, -0.2) is 25.0 Å². The summed E-state index contributed by atoms with van der Waals surface area (Å²) in [7, 11) is 2.09. The average molecular weight is 329 g/mol. The number of hydrogen-bond acceptors (Lipinski definition) is 2. The number of rotatable bonds is 5. The maximum atomic E-state index is 13.4. The van der Waals surface area contributed by atoms with Crippen LogP contribution in [0, 0.1) is 11.7 Å². The minimum absolute atomic E-state index is 0.0747. The van der Waals surface area contributed by atoms with E-state index in [2.05, 4.69) is 27.9 Å². The highest BCUT2D eigenvalue weighted by Gasteiger charge is 2.23. The summed E-state index contributed by atoms with van der Waals surface area (Å²) in [6.45, 7) is 1.55. The van der Waals surface area contributed by atoms with E-state index in [0.29, 0.717) is 6.54 Å². The zero-order valence-corrected chi connectivity index (χ0v) is 13.0. The second kappa shape index (κ2) is 6.82. The molecule has 1 aromatic carbocycles. The van der Waals surface area contributed by atoms with Gasteiger partial charge in [-0.05, 0) is 49.6 Å². The molecule has 1 fully saturated rings. The van der Waals surface area contributed by atoms with E-state index >= 15 is 0 Å². The Balaban J connectivity index is 2.11. The van der Waals surface area contributed by atoms with Crippen LogP contribution in [0.25, 0.3) is 0 Å². The minimum Gasteiger partial charge on any atom is -0.329 e. The lowest BCUT2D eigenvalue weighted by Crippen LogP contribution is -2.34. The first-order chi connectivity index (χ1) is 9.11. The predicted octanol–water partition coefficient (Wildman–Crippen LogP) is 3.71. The van der Waals surface area contributed by atoms with Gasteiger partial charge in [0, 0.05) is 23.6 Å². The van der Waals surface area contributed by atoms with E-state index in [9.17, 15) is 4.39 Å². The number of benzene rings is 1. The Morgan fingerprint density at radius 1 is 1.42 bits per heavy atom. The molecular formula is C15H22BrFN2. The summed E-state index contributed by atoms with van der Waals surface area (Å²) in [5.41, 5.74) is 6.86. The Morgan fingerprint density at radius 3 is 2.74 bits per heavy atom.